The molecule has 1 amide bonds. The van der Waals surface area contributed by atoms with Gasteiger partial charge in [-0.25, -0.2) is 18.2 Å². The third-order valence-corrected chi connectivity index (χ3v) is 9.25. The molecule has 5 rings (SSSR count). The van der Waals surface area contributed by atoms with E-state index in [1.54, 1.807) is 21.9 Å². The number of amides is 1. The highest BCUT2D eigenvalue weighted by Gasteiger charge is 2.38. The number of benzene rings is 1. The Bertz CT molecular complexity index is 1580. The summed E-state index contributed by atoms with van der Waals surface area (Å²) >= 11 is 6.09. The minimum atomic E-state index is -3.83. The lowest BCUT2D eigenvalue weighted by atomic mass is 10.1. The first-order valence-corrected chi connectivity index (χ1v) is 14.6. The van der Waals surface area contributed by atoms with Crippen LogP contribution in [0.15, 0.2) is 59.6 Å². The Morgan fingerprint density at radius 1 is 1.07 bits per heavy atom. The number of halogens is 3. The summed E-state index contributed by atoms with van der Waals surface area (Å²) in [5, 5.41) is 8.82. The Hall–Kier alpha value is -3.68. The van der Waals surface area contributed by atoms with Crippen LogP contribution in [0.4, 0.5) is 20.3 Å². The van der Waals surface area contributed by atoms with Gasteiger partial charge in [0.25, 0.3) is 0 Å². The largest absolute Gasteiger partial charge is 0.478 e. The van der Waals surface area contributed by atoms with Crippen molar-refractivity contribution in [3.05, 3.63) is 76.7 Å². The second-order valence-corrected chi connectivity index (χ2v) is 12.4. The first kappa shape index (κ1) is 28.8. The van der Waals surface area contributed by atoms with Gasteiger partial charge in [-0.2, -0.15) is 13.1 Å². The molecule has 2 saturated heterocycles. The number of aromatic nitrogens is 2. The number of pyridine rings is 2. The molecule has 0 saturated carbocycles. The van der Waals surface area contributed by atoms with Crippen molar-refractivity contribution in [2.75, 3.05) is 42.5 Å². The van der Waals surface area contributed by atoms with Gasteiger partial charge in [0.1, 0.15) is 16.7 Å². The molecule has 0 aliphatic carbocycles. The quantitative estimate of drug-likeness (QED) is 0.403. The van der Waals surface area contributed by atoms with Crippen molar-refractivity contribution >= 4 is 45.0 Å². The highest BCUT2D eigenvalue weighted by atomic mass is 35.5. The molecule has 10 nitrogen and oxygen atoms in total. The van der Waals surface area contributed by atoms with Crippen LogP contribution in [0.2, 0.25) is 5.15 Å². The number of carbonyl (C=O) groups excluding carboxylic acids is 1. The molecule has 1 atom stereocenters. The Labute approximate surface area is 240 Å². The van der Waals surface area contributed by atoms with Gasteiger partial charge in [-0.05, 0) is 54.4 Å². The number of piperazine rings is 1. The SMILES string of the molecule is C[C@@H]1CC(=O)N(c2ccc(S(=O)(=O)N3CCN(c4cc(C(F)(F)c5ccc(C(=O)O)cn5)cc(Cl)n4)CC3)cc2)C1. The number of carbonyl (C=O) groups is 2. The summed E-state index contributed by atoms with van der Waals surface area (Å²) in [5.41, 5.74) is -0.709. The van der Waals surface area contributed by atoms with Crippen LogP contribution >= 0.6 is 11.6 Å². The normalized spacial score (nSPS) is 18.6. The fourth-order valence-corrected chi connectivity index (χ4v) is 6.55. The van der Waals surface area contributed by atoms with E-state index in [0.717, 1.165) is 24.4 Å². The Kier molecular flexibility index (Phi) is 7.70. The van der Waals surface area contributed by atoms with Crippen LogP contribution in [0.3, 0.4) is 0 Å². The average molecular weight is 606 g/mol. The van der Waals surface area contributed by atoms with Crippen molar-refractivity contribution in [2.45, 2.75) is 24.2 Å². The number of aromatic carboxylic acids is 1. The lowest BCUT2D eigenvalue weighted by Gasteiger charge is -2.35. The Morgan fingerprint density at radius 3 is 2.32 bits per heavy atom. The number of sulfonamides is 1. The molecule has 0 bridgehead atoms. The minimum absolute atomic E-state index is 0.00660. The van der Waals surface area contributed by atoms with Crippen molar-refractivity contribution in [3.8, 4) is 0 Å². The summed E-state index contributed by atoms with van der Waals surface area (Å²) in [4.78, 5) is 34.4. The van der Waals surface area contributed by atoms with Crippen LogP contribution in [-0.4, -0.2) is 72.4 Å². The molecule has 0 radical (unpaired) electrons. The molecule has 0 spiro atoms. The summed E-state index contributed by atoms with van der Waals surface area (Å²) in [6, 6.07) is 10.4. The minimum Gasteiger partial charge on any atom is -0.478 e. The first-order chi connectivity index (χ1) is 19.4. The summed E-state index contributed by atoms with van der Waals surface area (Å²) < 4.78 is 58.5. The number of carboxylic acids is 1. The van der Waals surface area contributed by atoms with E-state index in [2.05, 4.69) is 9.97 Å². The van der Waals surface area contributed by atoms with E-state index in [9.17, 15) is 18.0 Å². The van der Waals surface area contributed by atoms with E-state index in [1.165, 1.54) is 22.5 Å². The number of alkyl halides is 2. The van der Waals surface area contributed by atoms with Crippen molar-refractivity contribution < 1.29 is 31.9 Å². The molecule has 14 heteroatoms. The van der Waals surface area contributed by atoms with Gasteiger partial charge in [-0.1, -0.05) is 18.5 Å². The highest BCUT2D eigenvalue weighted by molar-refractivity contribution is 7.89. The van der Waals surface area contributed by atoms with Gasteiger partial charge >= 0.3 is 11.9 Å². The predicted molar refractivity (Wildman–Crippen MR) is 147 cm³/mol. The van der Waals surface area contributed by atoms with E-state index in [0.29, 0.717) is 18.7 Å². The van der Waals surface area contributed by atoms with E-state index in [-0.39, 0.29) is 59.4 Å². The van der Waals surface area contributed by atoms with E-state index >= 15 is 8.78 Å². The molecule has 2 aliphatic heterocycles. The first-order valence-electron chi connectivity index (χ1n) is 12.8. The number of hydrogen-bond acceptors (Lipinski definition) is 7. The van der Waals surface area contributed by atoms with Crippen LogP contribution in [0.1, 0.15) is 35.0 Å². The Morgan fingerprint density at radius 2 is 1.76 bits per heavy atom. The van der Waals surface area contributed by atoms with E-state index in [4.69, 9.17) is 16.7 Å². The monoisotopic (exact) mass is 605 g/mol. The molecule has 4 heterocycles. The van der Waals surface area contributed by atoms with Gasteiger partial charge in [0.15, 0.2) is 0 Å². The van der Waals surface area contributed by atoms with Gasteiger partial charge in [-0.3, -0.25) is 9.78 Å². The number of carboxylic acid groups (broad SMARTS) is 1. The predicted octanol–water partition coefficient (Wildman–Crippen LogP) is 3.85. The van der Waals surface area contributed by atoms with E-state index in [1.807, 2.05) is 6.92 Å². The van der Waals surface area contributed by atoms with Crippen molar-refractivity contribution in [2.24, 2.45) is 5.92 Å². The number of anilines is 2. The smallest absolute Gasteiger partial charge is 0.337 e. The molecule has 2 aliphatic rings. The van der Waals surface area contributed by atoms with Gasteiger partial charge in [0.2, 0.25) is 15.9 Å². The van der Waals surface area contributed by atoms with Crippen LogP contribution in [0.25, 0.3) is 0 Å². The number of hydrogen-bond donors (Lipinski definition) is 1. The average Bonchev–Trinajstić information content (AvgIpc) is 3.30. The highest BCUT2D eigenvalue weighted by Crippen LogP contribution is 2.37. The van der Waals surface area contributed by atoms with Crippen molar-refractivity contribution in [1.29, 1.82) is 0 Å². The van der Waals surface area contributed by atoms with Gasteiger partial charge in [0, 0.05) is 56.6 Å². The van der Waals surface area contributed by atoms with Crippen molar-refractivity contribution in [1.82, 2.24) is 14.3 Å². The fraction of sp³-hybridized carbons (Fsp3) is 0.333. The lowest BCUT2D eigenvalue weighted by Crippen LogP contribution is -2.49. The summed E-state index contributed by atoms with van der Waals surface area (Å²) in [5.74, 6) is -4.48. The maximum atomic E-state index is 15.3. The third-order valence-electron chi connectivity index (χ3n) is 7.14. The van der Waals surface area contributed by atoms with Crippen LogP contribution in [-0.2, 0) is 20.7 Å². The van der Waals surface area contributed by atoms with Crippen LogP contribution in [0.5, 0.6) is 0 Å². The molecule has 1 aromatic carbocycles. The summed E-state index contributed by atoms with van der Waals surface area (Å²) in [6.07, 6.45) is 1.32. The zero-order valence-electron chi connectivity index (χ0n) is 21.9. The summed E-state index contributed by atoms with van der Waals surface area (Å²) in [6.45, 7) is 3.11. The van der Waals surface area contributed by atoms with Gasteiger partial charge in [0.05, 0.1) is 10.5 Å². The maximum Gasteiger partial charge on any atom is 0.337 e. The summed E-state index contributed by atoms with van der Waals surface area (Å²) in [7, 11) is -3.83. The number of nitrogens with zero attached hydrogens (tertiary/aromatic N) is 5. The molecular formula is C27H26ClF2N5O5S. The number of rotatable bonds is 7. The molecule has 0 unspecified atom stereocenters. The van der Waals surface area contributed by atoms with Gasteiger partial charge in [-0.15, -0.1) is 0 Å². The lowest BCUT2D eigenvalue weighted by molar-refractivity contribution is -0.117. The zero-order valence-corrected chi connectivity index (χ0v) is 23.4. The van der Waals surface area contributed by atoms with Crippen molar-refractivity contribution in [3.63, 3.8) is 0 Å². The van der Waals surface area contributed by atoms with Crippen LogP contribution in [0, 0.1) is 5.92 Å². The molecule has 216 valence electrons. The molecule has 2 fully saturated rings. The third kappa shape index (κ3) is 5.74. The standard InChI is InChI=1S/C27H26ClF2N5O5S/c1-17-12-25(36)35(16-17)20-3-5-21(6-4-20)41(39,40)34-10-8-33(9-11-34)24-14-19(13-23(28)32-24)27(29,30)22-7-2-18(15-31-22)26(37)38/h2-7,13-15,17H,8-12,16H2,1H3,(H,37,38)/t17-/m1/s1. The topological polar surface area (TPSA) is 124 Å². The van der Waals surface area contributed by atoms with E-state index < -0.39 is 33.2 Å². The molecule has 3 aromatic rings. The molecule has 2 aromatic heterocycles. The second kappa shape index (κ2) is 11.0. The van der Waals surface area contributed by atoms with Crippen LogP contribution < -0.4 is 9.80 Å². The Balaban J connectivity index is 1.29. The fourth-order valence-electron chi connectivity index (χ4n) is 4.92. The molecule has 1 N–H and O–H groups in total. The maximum absolute atomic E-state index is 15.3. The molecular weight excluding hydrogens is 580 g/mol. The second-order valence-electron chi connectivity index (χ2n) is 10.0. The molecule has 41 heavy (non-hydrogen) atoms. The van der Waals surface area contributed by atoms with Gasteiger partial charge < -0.3 is 14.9 Å². The zero-order chi connectivity index (χ0) is 29.5.